The van der Waals surface area contributed by atoms with E-state index >= 15 is 0 Å². The van der Waals surface area contributed by atoms with E-state index in [2.05, 4.69) is 5.16 Å². The number of benzene rings is 1. The summed E-state index contributed by atoms with van der Waals surface area (Å²) < 4.78 is 18.3. The fourth-order valence-electron chi connectivity index (χ4n) is 1.06. The molecule has 0 saturated carbocycles. The van der Waals surface area contributed by atoms with Gasteiger partial charge in [0.15, 0.2) is 17.4 Å². The molecule has 0 heterocycles. The summed E-state index contributed by atoms with van der Waals surface area (Å²) in [5.41, 5.74) is 5.59. The largest absolute Gasteiger partial charge is 0.490 e. The average Bonchev–Trinajstić information content (AvgIpc) is 2.20. The third-order valence-electron chi connectivity index (χ3n) is 1.64. The molecule has 5 heteroatoms. The quantitative estimate of drug-likeness (QED) is 0.333. The molecule has 0 bridgehead atoms. The first-order chi connectivity index (χ1) is 6.70. The van der Waals surface area contributed by atoms with Gasteiger partial charge in [-0.1, -0.05) is 11.2 Å². The van der Waals surface area contributed by atoms with E-state index in [1.54, 1.807) is 6.92 Å². The number of hydrogen-bond donors (Lipinski definition) is 2. The lowest BCUT2D eigenvalue weighted by molar-refractivity contribution is 0.313. The molecule has 1 aromatic carbocycles. The van der Waals surface area contributed by atoms with Gasteiger partial charge in [0.05, 0.1) is 12.2 Å². The maximum atomic E-state index is 13.2. The van der Waals surface area contributed by atoms with Crippen LogP contribution in [-0.2, 0) is 0 Å². The maximum Gasteiger partial charge on any atom is 0.173 e. The first-order valence-electron chi connectivity index (χ1n) is 4.10. The molecule has 0 saturated heterocycles. The zero-order valence-electron chi connectivity index (χ0n) is 7.70. The number of hydrogen-bond acceptors (Lipinski definition) is 3. The van der Waals surface area contributed by atoms with Crippen LogP contribution in [0.2, 0.25) is 0 Å². The number of oxime groups is 1. The summed E-state index contributed by atoms with van der Waals surface area (Å²) >= 11 is 0. The van der Waals surface area contributed by atoms with Gasteiger partial charge < -0.3 is 15.7 Å². The second-order valence-electron chi connectivity index (χ2n) is 2.53. The predicted molar refractivity (Wildman–Crippen MR) is 50.1 cm³/mol. The lowest BCUT2D eigenvalue weighted by Gasteiger charge is -2.09. The minimum absolute atomic E-state index is 0.00491. The minimum atomic E-state index is -0.532. The van der Waals surface area contributed by atoms with Crippen molar-refractivity contribution in [1.29, 1.82) is 0 Å². The van der Waals surface area contributed by atoms with E-state index in [0.717, 1.165) is 0 Å². The molecule has 0 fully saturated rings. The standard InChI is InChI=1S/C9H11FN2O2/c1-2-14-8-6(9(11)12-13)4-3-5-7(8)10/h3-5,13H,2H2,1H3,(H2,11,12). The zero-order chi connectivity index (χ0) is 10.6. The molecule has 14 heavy (non-hydrogen) atoms. The molecule has 0 aliphatic carbocycles. The molecule has 0 aliphatic rings. The van der Waals surface area contributed by atoms with Crippen molar-refractivity contribution in [3.63, 3.8) is 0 Å². The SMILES string of the molecule is CCOc1c(F)cccc1C(N)=NO. The van der Waals surface area contributed by atoms with Crippen LogP contribution in [0.25, 0.3) is 0 Å². The molecule has 0 aromatic heterocycles. The molecule has 1 aromatic rings. The van der Waals surface area contributed by atoms with Crippen LogP contribution in [0, 0.1) is 5.82 Å². The van der Waals surface area contributed by atoms with Crippen molar-refractivity contribution in [2.75, 3.05) is 6.61 Å². The Kier molecular flexibility index (Phi) is 3.28. The smallest absolute Gasteiger partial charge is 0.173 e. The van der Waals surface area contributed by atoms with Gasteiger partial charge in [-0.2, -0.15) is 0 Å². The Balaban J connectivity index is 3.21. The monoisotopic (exact) mass is 198 g/mol. The molecule has 0 spiro atoms. The Hall–Kier alpha value is -1.78. The molecule has 1 rings (SSSR count). The van der Waals surface area contributed by atoms with Gasteiger partial charge in [-0.05, 0) is 19.1 Å². The fourth-order valence-corrected chi connectivity index (χ4v) is 1.06. The highest BCUT2D eigenvalue weighted by atomic mass is 19.1. The number of nitrogens with zero attached hydrogens (tertiary/aromatic N) is 1. The number of para-hydroxylation sites is 1. The van der Waals surface area contributed by atoms with E-state index in [4.69, 9.17) is 15.7 Å². The Bertz CT molecular complexity index is 353. The highest BCUT2D eigenvalue weighted by Crippen LogP contribution is 2.22. The van der Waals surface area contributed by atoms with Gasteiger partial charge in [0.2, 0.25) is 0 Å². The molecular weight excluding hydrogens is 187 g/mol. The van der Waals surface area contributed by atoms with Crippen molar-refractivity contribution in [1.82, 2.24) is 0 Å². The van der Waals surface area contributed by atoms with E-state index in [0.29, 0.717) is 6.61 Å². The number of rotatable bonds is 3. The van der Waals surface area contributed by atoms with Crippen molar-refractivity contribution < 1.29 is 14.3 Å². The summed E-state index contributed by atoms with van der Waals surface area (Å²) in [6, 6.07) is 4.23. The van der Waals surface area contributed by atoms with Gasteiger partial charge in [-0.15, -0.1) is 0 Å². The van der Waals surface area contributed by atoms with Crippen LogP contribution in [-0.4, -0.2) is 17.6 Å². The first kappa shape index (κ1) is 10.3. The minimum Gasteiger partial charge on any atom is -0.490 e. The summed E-state index contributed by atoms with van der Waals surface area (Å²) in [7, 11) is 0. The van der Waals surface area contributed by atoms with Crippen LogP contribution in [0.3, 0.4) is 0 Å². The Labute approximate surface area is 80.8 Å². The van der Waals surface area contributed by atoms with E-state index in [9.17, 15) is 4.39 Å². The van der Waals surface area contributed by atoms with Gasteiger partial charge in [0.25, 0.3) is 0 Å². The normalized spacial score (nSPS) is 11.4. The highest BCUT2D eigenvalue weighted by Gasteiger charge is 2.12. The third-order valence-corrected chi connectivity index (χ3v) is 1.64. The number of ether oxygens (including phenoxy) is 1. The molecule has 0 atom stereocenters. The van der Waals surface area contributed by atoms with Crippen molar-refractivity contribution in [3.05, 3.63) is 29.6 Å². The summed E-state index contributed by atoms with van der Waals surface area (Å²) in [5.74, 6) is -0.700. The fraction of sp³-hybridized carbons (Fsp3) is 0.222. The lowest BCUT2D eigenvalue weighted by Crippen LogP contribution is -2.15. The highest BCUT2D eigenvalue weighted by molar-refractivity contribution is 5.99. The van der Waals surface area contributed by atoms with E-state index in [1.165, 1.54) is 18.2 Å². The van der Waals surface area contributed by atoms with Crippen molar-refractivity contribution in [3.8, 4) is 5.75 Å². The van der Waals surface area contributed by atoms with E-state index in [1.807, 2.05) is 0 Å². The second-order valence-corrected chi connectivity index (χ2v) is 2.53. The van der Waals surface area contributed by atoms with Crippen LogP contribution in [0.15, 0.2) is 23.4 Å². The molecule has 76 valence electrons. The maximum absolute atomic E-state index is 13.2. The summed E-state index contributed by atoms with van der Waals surface area (Å²) in [5, 5.41) is 11.2. The molecule has 3 N–H and O–H groups in total. The Morgan fingerprint density at radius 1 is 1.64 bits per heavy atom. The molecule has 0 amide bonds. The van der Waals surface area contributed by atoms with Crippen LogP contribution >= 0.6 is 0 Å². The van der Waals surface area contributed by atoms with Gasteiger partial charge >= 0.3 is 0 Å². The van der Waals surface area contributed by atoms with E-state index in [-0.39, 0.29) is 17.1 Å². The van der Waals surface area contributed by atoms with Crippen molar-refractivity contribution >= 4 is 5.84 Å². The molecular formula is C9H11FN2O2. The van der Waals surface area contributed by atoms with Crippen molar-refractivity contribution in [2.45, 2.75) is 6.92 Å². The number of nitrogens with two attached hydrogens (primary N) is 1. The van der Waals surface area contributed by atoms with Crippen molar-refractivity contribution in [2.24, 2.45) is 10.9 Å². The topological polar surface area (TPSA) is 67.8 Å². The van der Waals surface area contributed by atoms with Crippen LogP contribution in [0.4, 0.5) is 4.39 Å². The predicted octanol–water partition coefficient (Wildman–Crippen LogP) is 1.32. The number of amidine groups is 1. The lowest BCUT2D eigenvalue weighted by atomic mass is 10.2. The molecule has 0 aliphatic heterocycles. The third kappa shape index (κ3) is 1.93. The Morgan fingerprint density at radius 2 is 2.36 bits per heavy atom. The molecule has 0 unspecified atom stereocenters. The molecule has 4 nitrogen and oxygen atoms in total. The van der Waals surface area contributed by atoms with Gasteiger partial charge in [-0.3, -0.25) is 0 Å². The summed E-state index contributed by atoms with van der Waals surface area (Å²) in [4.78, 5) is 0. The van der Waals surface area contributed by atoms with Gasteiger partial charge in [-0.25, -0.2) is 4.39 Å². The summed E-state index contributed by atoms with van der Waals surface area (Å²) in [6.45, 7) is 2.04. The van der Waals surface area contributed by atoms with Crippen LogP contribution in [0.5, 0.6) is 5.75 Å². The Morgan fingerprint density at radius 3 is 2.93 bits per heavy atom. The van der Waals surface area contributed by atoms with Gasteiger partial charge in [0.1, 0.15) is 0 Å². The molecule has 0 radical (unpaired) electrons. The zero-order valence-corrected chi connectivity index (χ0v) is 7.70. The van der Waals surface area contributed by atoms with Crippen LogP contribution in [0.1, 0.15) is 12.5 Å². The summed E-state index contributed by atoms with van der Waals surface area (Å²) in [6.07, 6.45) is 0. The van der Waals surface area contributed by atoms with Gasteiger partial charge in [0, 0.05) is 0 Å². The first-order valence-corrected chi connectivity index (χ1v) is 4.10. The second kappa shape index (κ2) is 4.45. The number of halogens is 1. The van der Waals surface area contributed by atoms with Crippen LogP contribution < -0.4 is 10.5 Å². The van der Waals surface area contributed by atoms with E-state index < -0.39 is 5.82 Å². The average molecular weight is 198 g/mol.